The predicted molar refractivity (Wildman–Crippen MR) is 77.1 cm³/mol. The fourth-order valence-electron chi connectivity index (χ4n) is 2.58. The average molecular weight is 262 g/mol. The molecular weight excluding hydrogens is 240 g/mol. The highest BCUT2D eigenvalue weighted by Gasteiger charge is 2.22. The van der Waals surface area contributed by atoms with Crippen molar-refractivity contribution in [2.24, 2.45) is 0 Å². The molecule has 1 saturated heterocycles. The molecule has 2 rings (SSSR count). The van der Waals surface area contributed by atoms with E-state index >= 15 is 0 Å². The summed E-state index contributed by atoms with van der Waals surface area (Å²) in [4.78, 5) is 16.0. The Hall–Kier alpha value is -1.55. The molecule has 0 radical (unpaired) electrons. The van der Waals surface area contributed by atoms with Crippen molar-refractivity contribution < 1.29 is 9.90 Å². The highest BCUT2D eigenvalue weighted by atomic mass is 16.4. The Labute approximate surface area is 114 Å². The van der Waals surface area contributed by atoms with E-state index in [0.717, 1.165) is 37.4 Å². The molecule has 0 amide bonds. The predicted octanol–water partition coefficient (Wildman–Crippen LogP) is 2.22. The largest absolute Gasteiger partial charge is 0.478 e. The maximum Gasteiger partial charge on any atom is 0.337 e. The van der Waals surface area contributed by atoms with E-state index in [0.29, 0.717) is 11.6 Å². The average Bonchev–Trinajstić information content (AvgIpc) is 2.38. The van der Waals surface area contributed by atoms with Crippen LogP contribution in [-0.4, -0.2) is 48.2 Å². The van der Waals surface area contributed by atoms with Crippen LogP contribution in [0.5, 0.6) is 0 Å². The first kappa shape index (κ1) is 13.9. The maximum absolute atomic E-state index is 11.4. The van der Waals surface area contributed by atoms with Crippen LogP contribution in [0, 0.1) is 6.92 Å². The van der Waals surface area contributed by atoms with Gasteiger partial charge in [-0.15, -0.1) is 0 Å². The number of aryl methyl sites for hydroxylation is 1. The first-order valence-corrected chi connectivity index (χ1v) is 6.82. The summed E-state index contributed by atoms with van der Waals surface area (Å²) in [6.07, 6.45) is 0. The lowest BCUT2D eigenvalue weighted by Gasteiger charge is -2.38. The Morgan fingerprint density at radius 3 is 2.37 bits per heavy atom. The number of aromatic carboxylic acids is 1. The molecule has 1 N–H and O–H groups in total. The van der Waals surface area contributed by atoms with Crippen LogP contribution in [0.4, 0.5) is 5.69 Å². The number of hydrogen-bond acceptors (Lipinski definition) is 3. The fraction of sp³-hybridized carbons (Fsp3) is 0.533. The van der Waals surface area contributed by atoms with Crippen molar-refractivity contribution in [2.75, 3.05) is 31.1 Å². The molecule has 0 spiro atoms. The van der Waals surface area contributed by atoms with Gasteiger partial charge in [-0.3, -0.25) is 4.90 Å². The number of benzene rings is 1. The topological polar surface area (TPSA) is 43.8 Å². The Morgan fingerprint density at radius 1 is 1.21 bits per heavy atom. The number of piperazine rings is 1. The van der Waals surface area contributed by atoms with Crippen LogP contribution in [0.25, 0.3) is 0 Å². The Balaban J connectivity index is 2.17. The smallest absolute Gasteiger partial charge is 0.337 e. The van der Waals surface area contributed by atoms with Crippen LogP contribution in [0.2, 0.25) is 0 Å². The fourth-order valence-corrected chi connectivity index (χ4v) is 2.58. The summed E-state index contributed by atoms with van der Waals surface area (Å²) in [5.74, 6) is -0.843. The SMILES string of the molecule is Cc1ccc(N2CCN(C(C)C)CC2)c(C(=O)O)c1. The maximum atomic E-state index is 11.4. The molecule has 4 heteroatoms. The Bertz CT molecular complexity index is 463. The third-order valence-corrected chi connectivity index (χ3v) is 3.77. The quantitative estimate of drug-likeness (QED) is 0.907. The third kappa shape index (κ3) is 3.07. The molecule has 0 atom stereocenters. The van der Waals surface area contributed by atoms with E-state index in [1.165, 1.54) is 0 Å². The highest BCUT2D eigenvalue weighted by Crippen LogP contribution is 2.23. The molecule has 1 heterocycles. The van der Waals surface area contributed by atoms with Crippen LogP contribution in [0.3, 0.4) is 0 Å². The first-order chi connectivity index (χ1) is 8.99. The van der Waals surface area contributed by atoms with Gasteiger partial charge in [0, 0.05) is 32.2 Å². The van der Waals surface area contributed by atoms with Crippen molar-refractivity contribution in [2.45, 2.75) is 26.8 Å². The van der Waals surface area contributed by atoms with Crippen LogP contribution in [0.1, 0.15) is 29.8 Å². The second-order valence-corrected chi connectivity index (χ2v) is 5.44. The Kier molecular flexibility index (Phi) is 4.10. The van der Waals surface area contributed by atoms with Gasteiger partial charge in [0.25, 0.3) is 0 Å². The van der Waals surface area contributed by atoms with Crippen molar-refractivity contribution in [1.82, 2.24) is 4.90 Å². The second-order valence-electron chi connectivity index (χ2n) is 5.44. The zero-order chi connectivity index (χ0) is 14.0. The first-order valence-electron chi connectivity index (χ1n) is 6.82. The minimum atomic E-state index is -0.843. The summed E-state index contributed by atoms with van der Waals surface area (Å²) in [7, 11) is 0. The van der Waals surface area contributed by atoms with Gasteiger partial charge < -0.3 is 10.0 Å². The van der Waals surface area contributed by atoms with Crippen LogP contribution >= 0.6 is 0 Å². The zero-order valence-electron chi connectivity index (χ0n) is 11.9. The van der Waals surface area contributed by atoms with E-state index in [2.05, 4.69) is 23.6 Å². The zero-order valence-corrected chi connectivity index (χ0v) is 11.9. The summed E-state index contributed by atoms with van der Waals surface area (Å²) >= 11 is 0. The van der Waals surface area contributed by atoms with Gasteiger partial charge in [0.05, 0.1) is 11.3 Å². The summed E-state index contributed by atoms with van der Waals surface area (Å²) < 4.78 is 0. The van der Waals surface area contributed by atoms with Gasteiger partial charge in [0.15, 0.2) is 0 Å². The van der Waals surface area contributed by atoms with Gasteiger partial charge in [0.1, 0.15) is 0 Å². The van der Waals surface area contributed by atoms with Gasteiger partial charge in [0.2, 0.25) is 0 Å². The van der Waals surface area contributed by atoms with Crippen molar-refractivity contribution in [3.63, 3.8) is 0 Å². The number of nitrogens with zero attached hydrogens (tertiary/aromatic N) is 2. The second kappa shape index (κ2) is 5.61. The molecule has 0 aliphatic carbocycles. The number of carbonyl (C=O) groups is 1. The summed E-state index contributed by atoms with van der Waals surface area (Å²) in [5.41, 5.74) is 2.25. The number of carboxylic acids is 1. The van der Waals surface area contributed by atoms with Gasteiger partial charge in [-0.1, -0.05) is 11.6 Å². The molecule has 4 nitrogen and oxygen atoms in total. The van der Waals surface area contributed by atoms with E-state index in [4.69, 9.17) is 0 Å². The Morgan fingerprint density at radius 2 is 1.84 bits per heavy atom. The van der Waals surface area contributed by atoms with Gasteiger partial charge >= 0.3 is 5.97 Å². The molecule has 0 saturated carbocycles. The van der Waals surface area contributed by atoms with Gasteiger partial charge in [-0.05, 0) is 32.9 Å². The van der Waals surface area contributed by atoms with E-state index in [1.807, 2.05) is 19.1 Å². The van der Waals surface area contributed by atoms with E-state index in [9.17, 15) is 9.90 Å². The van der Waals surface area contributed by atoms with Gasteiger partial charge in [-0.2, -0.15) is 0 Å². The van der Waals surface area contributed by atoms with E-state index in [-0.39, 0.29) is 0 Å². The molecule has 19 heavy (non-hydrogen) atoms. The minimum Gasteiger partial charge on any atom is -0.478 e. The summed E-state index contributed by atoms with van der Waals surface area (Å²) in [6.45, 7) is 10.1. The van der Waals surface area contributed by atoms with Crippen molar-refractivity contribution in [1.29, 1.82) is 0 Å². The third-order valence-electron chi connectivity index (χ3n) is 3.77. The summed E-state index contributed by atoms with van der Waals surface area (Å²) in [5, 5.41) is 9.32. The number of rotatable bonds is 3. The van der Waals surface area contributed by atoms with Crippen molar-refractivity contribution in [3.05, 3.63) is 29.3 Å². The lowest BCUT2D eigenvalue weighted by Crippen LogP contribution is -2.49. The molecule has 1 aromatic rings. The van der Waals surface area contributed by atoms with E-state index < -0.39 is 5.97 Å². The standard InChI is InChI=1S/C15H22N2O2/c1-11(2)16-6-8-17(9-7-16)14-5-4-12(3)10-13(14)15(18)19/h4-5,10-11H,6-9H2,1-3H3,(H,18,19). The normalized spacial score (nSPS) is 16.9. The molecule has 0 unspecified atom stereocenters. The summed E-state index contributed by atoms with van der Waals surface area (Å²) in [6, 6.07) is 6.23. The molecule has 1 aliphatic rings. The van der Waals surface area contributed by atoms with Crippen LogP contribution in [-0.2, 0) is 0 Å². The minimum absolute atomic E-state index is 0.415. The molecule has 1 aliphatic heterocycles. The number of anilines is 1. The van der Waals surface area contributed by atoms with E-state index in [1.54, 1.807) is 6.07 Å². The molecule has 0 bridgehead atoms. The van der Waals surface area contributed by atoms with Crippen LogP contribution in [0.15, 0.2) is 18.2 Å². The van der Waals surface area contributed by atoms with Gasteiger partial charge in [-0.25, -0.2) is 4.79 Å². The number of carboxylic acid groups (broad SMARTS) is 1. The molecule has 1 aromatic carbocycles. The molecular formula is C15H22N2O2. The van der Waals surface area contributed by atoms with Crippen molar-refractivity contribution in [3.8, 4) is 0 Å². The lowest BCUT2D eigenvalue weighted by atomic mass is 10.1. The lowest BCUT2D eigenvalue weighted by molar-refractivity contribution is 0.0697. The number of hydrogen-bond donors (Lipinski definition) is 1. The monoisotopic (exact) mass is 262 g/mol. The van der Waals surface area contributed by atoms with Crippen molar-refractivity contribution >= 4 is 11.7 Å². The highest BCUT2D eigenvalue weighted by molar-refractivity contribution is 5.94. The molecule has 1 fully saturated rings. The molecule has 0 aromatic heterocycles. The molecule has 104 valence electrons. The van der Waals surface area contributed by atoms with Crippen LogP contribution < -0.4 is 4.90 Å².